The standard InChI is InChI=1S/C14H24N2O3S/c1-3-9-5-6-15-10(7-9)13(17)16-11(14(18)19)8-20-12(16)4-2/h9-12,15H,3-8H2,1-2H3,(H,18,19). The highest BCUT2D eigenvalue weighted by atomic mass is 32.2. The summed E-state index contributed by atoms with van der Waals surface area (Å²) in [6.45, 7) is 5.01. The summed E-state index contributed by atoms with van der Waals surface area (Å²) in [5.74, 6) is 0.171. The lowest BCUT2D eigenvalue weighted by Crippen LogP contribution is -2.55. The van der Waals surface area contributed by atoms with Crippen LogP contribution in [0.5, 0.6) is 0 Å². The summed E-state index contributed by atoms with van der Waals surface area (Å²) in [4.78, 5) is 25.7. The highest BCUT2D eigenvalue weighted by molar-refractivity contribution is 8.00. The molecule has 2 fully saturated rings. The van der Waals surface area contributed by atoms with Gasteiger partial charge in [0.15, 0.2) is 0 Å². The van der Waals surface area contributed by atoms with Gasteiger partial charge in [-0.3, -0.25) is 4.79 Å². The molecule has 0 aliphatic carbocycles. The van der Waals surface area contributed by atoms with Gasteiger partial charge in [-0.2, -0.15) is 0 Å². The molecule has 0 spiro atoms. The van der Waals surface area contributed by atoms with Crippen LogP contribution < -0.4 is 5.32 Å². The van der Waals surface area contributed by atoms with Crippen LogP contribution in [0.1, 0.15) is 39.5 Å². The Labute approximate surface area is 124 Å². The molecule has 5 nitrogen and oxygen atoms in total. The van der Waals surface area contributed by atoms with E-state index >= 15 is 0 Å². The zero-order valence-corrected chi connectivity index (χ0v) is 13.0. The van der Waals surface area contributed by atoms with E-state index in [2.05, 4.69) is 12.2 Å². The van der Waals surface area contributed by atoms with E-state index in [4.69, 9.17) is 0 Å². The summed E-state index contributed by atoms with van der Waals surface area (Å²) in [6.07, 6.45) is 3.82. The van der Waals surface area contributed by atoms with E-state index in [0.29, 0.717) is 11.7 Å². The van der Waals surface area contributed by atoms with Crippen LogP contribution in [0.25, 0.3) is 0 Å². The number of carbonyl (C=O) groups excluding carboxylic acids is 1. The van der Waals surface area contributed by atoms with Crippen LogP contribution in [0.2, 0.25) is 0 Å². The molecule has 0 aromatic heterocycles. The first-order valence-corrected chi connectivity index (χ1v) is 8.53. The lowest BCUT2D eigenvalue weighted by atomic mass is 9.89. The van der Waals surface area contributed by atoms with Crippen molar-refractivity contribution < 1.29 is 14.7 Å². The van der Waals surface area contributed by atoms with Crippen LogP contribution in [0.15, 0.2) is 0 Å². The van der Waals surface area contributed by atoms with Crippen LogP contribution in [-0.2, 0) is 9.59 Å². The molecule has 0 aromatic carbocycles. The summed E-state index contributed by atoms with van der Waals surface area (Å²) >= 11 is 1.58. The van der Waals surface area contributed by atoms with Gasteiger partial charge in [-0.25, -0.2) is 4.79 Å². The van der Waals surface area contributed by atoms with Crippen LogP contribution in [0.3, 0.4) is 0 Å². The van der Waals surface area contributed by atoms with E-state index in [1.165, 1.54) is 0 Å². The van der Waals surface area contributed by atoms with Crippen LogP contribution in [0.4, 0.5) is 0 Å². The molecule has 4 unspecified atom stereocenters. The SMILES string of the molecule is CCC1CCNC(C(=O)N2C(CC)SCC2C(=O)O)C1. The van der Waals surface area contributed by atoms with E-state index in [-0.39, 0.29) is 17.3 Å². The van der Waals surface area contributed by atoms with Crippen molar-refractivity contribution in [3.63, 3.8) is 0 Å². The quantitative estimate of drug-likeness (QED) is 0.824. The van der Waals surface area contributed by atoms with Crippen molar-refractivity contribution in [1.82, 2.24) is 10.2 Å². The summed E-state index contributed by atoms with van der Waals surface area (Å²) in [6, 6.07) is -0.871. The minimum Gasteiger partial charge on any atom is -0.480 e. The molecule has 2 aliphatic heterocycles. The number of amides is 1. The van der Waals surface area contributed by atoms with Gasteiger partial charge in [0.25, 0.3) is 0 Å². The molecule has 6 heteroatoms. The number of rotatable bonds is 4. The van der Waals surface area contributed by atoms with Crippen LogP contribution >= 0.6 is 11.8 Å². The Morgan fingerprint density at radius 3 is 2.70 bits per heavy atom. The van der Waals surface area contributed by atoms with Gasteiger partial charge in [0.2, 0.25) is 5.91 Å². The smallest absolute Gasteiger partial charge is 0.327 e. The Hall–Kier alpha value is -0.750. The van der Waals surface area contributed by atoms with E-state index < -0.39 is 12.0 Å². The monoisotopic (exact) mass is 300 g/mol. The van der Waals surface area contributed by atoms with Crippen molar-refractivity contribution in [3.8, 4) is 0 Å². The van der Waals surface area contributed by atoms with Gasteiger partial charge in [-0.1, -0.05) is 20.3 Å². The third-order valence-corrected chi connectivity index (χ3v) is 5.82. The molecule has 0 radical (unpaired) electrons. The number of aliphatic carboxylic acids is 1. The Bertz CT molecular complexity index is 377. The van der Waals surface area contributed by atoms with Gasteiger partial charge in [-0.05, 0) is 31.7 Å². The van der Waals surface area contributed by atoms with Crippen molar-refractivity contribution in [2.45, 2.75) is 57.0 Å². The zero-order chi connectivity index (χ0) is 14.7. The predicted molar refractivity (Wildman–Crippen MR) is 79.6 cm³/mol. The molecule has 2 N–H and O–H groups in total. The number of nitrogens with one attached hydrogen (secondary N) is 1. The molecule has 0 bridgehead atoms. The second kappa shape index (κ2) is 6.80. The highest BCUT2D eigenvalue weighted by Crippen LogP contribution is 2.33. The number of carbonyl (C=O) groups is 2. The lowest BCUT2D eigenvalue weighted by molar-refractivity contribution is -0.150. The number of hydrogen-bond acceptors (Lipinski definition) is 4. The van der Waals surface area contributed by atoms with Gasteiger partial charge in [-0.15, -0.1) is 11.8 Å². The molecule has 20 heavy (non-hydrogen) atoms. The molecule has 1 amide bonds. The summed E-state index contributed by atoms with van der Waals surface area (Å²) in [5.41, 5.74) is 0. The fraction of sp³-hybridized carbons (Fsp3) is 0.857. The summed E-state index contributed by atoms with van der Waals surface area (Å²) in [7, 11) is 0. The third-order valence-electron chi connectivity index (χ3n) is 4.37. The number of nitrogens with zero attached hydrogens (tertiary/aromatic N) is 1. The van der Waals surface area contributed by atoms with Crippen molar-refractivity contribution in [1.29, 1.82) is 0 Å². The molecule has 2 aliphatic rings. The summed E-state index contributed by atoms with van der Waals surface area (Å²) in [5, 5.41) is 12.6. The maximum absolute atomic E-state index is 12.7. The van der Waals surface area contributed by atoms with Gasteiger partial charge in [0, 0.05) is 5.75 Å². The molecule has 0 aromatic rings. The Kier molecular flexibility index (Phi) is 5.32. The Morgan fingerprint density at radius 1 is 1.35 bits per heavy atom. The maximum atomic E-state index is 12.7. The molecule has 2 saturated heterocycles. The predicted octanol–water partition coefficient (Wildman–Crippen LogP) is 1.53. The van der Waals surface area contributed by atoms with Crippen molar-refractivity contribution in [3.05, 3.63) is 0 Å². The third kappa shape index (κ3) is 3.11. The van der Waals surface area contributed by atoms with E-state index in [1.54, 1.807) is 16.7 Å². The summed E-state index contributed by atoms with van der Waals surface area (Å²) < 4.78 is 0. The molecular formula is C14H24N2O3S. The molecule has 2 heterocycles. The van der Waals surface area contributed by atoms with Crippen LogP contribution in [-0.4, -0.2) is 51.6 Å². The fourth-order valence-corrected chi connectivity index (χ4v) is 4.45. The van der Waals surface area contributed by atoms with Crippen molar-refractivity contribution in [2.24, 2.45) is 5.92 Å². The van der Waals surface area contributed by atoms with Crippen molar-refractivity contribution >= 4 is 23.6 Å². The zero-order valence-electron chi connectivity index (χ0n) is 12.2. The van der Waals surface area contributed by atoms with E-state index in [9.17, 15) is 14.7 Å². The Balaban J connectivity index is 2.10. The van der Waals surface area contributed by atoms with Gasteiger partial charge >= 0.3 is 5.97 Å². The first-order chi connectivity index (χ1) is 9.58. The minimum absolute atomic E-state index is 0.00685. The number of piperidine rings is 1. The molecule has 2 rings (SSSR count). The normalized spacial score (nSPS) is 34.2. The molecule has 4 atom stereocenters. The van der Waals surface area contributed by atoms with Gasteiger partial charge in [0.05, 0.1) is 11.4 Å². The second-order valence-corrected chi connectivity index (χ2v) is 6.81. The molecule has 0 saturated carbocycles. The first kappa shape index (κ1) is 15.6. The number of thioether (sulfide) groups is 1. The number of carboxylic acid groups (broad SMARTS) is 1. The topological polar surface area (TPSA) is 69.6 Å². The average Bonchev–Trinajstić information content (AvgIpc) is 2.90. The average molecular weight is 300 g/mol. The molecule has 114 valence electrons. The molecular weight excluding hydrogens is 276 g/mol. The van der Waals surface area contributed by atoms with Gasteiger partial charge in [0.1, 0.15) is 6.04 Å². The van der Waals surface area contributed by atoms with Crippen LogP contribution in [0, 0.1) is 5.92 Å². The fourth-order valence-electron chi connectivity index (χ4n) is 3.10. The number of carboxylic acids is 1. The first-order valence-electron chi connectivity index (χ1n) is 7.48. The lowest BCUT2D eigenvalue weighted by Gasteiger charge is -2.35. The minimum atomic E-state index is -0.885. The highest BCUT2D eigenvalue weighted by Gasteiger charge is 2.43. The van der Waals surface area contributed by atoms with Gasteiger partial charge < -0.3 is 15.3 Å². The Morgan fingerprint density at radius 2 is 2.10 bits per heavy atom. The van der Waals surface area contributed by atoms with E-state index in [1.807, 2.05) is 6.92 Å². The maximum Gasteiger partial charge on any atom is 0.327 e. The second-order valence-electron chi connectivity index (χ2n) is 5.60. The largest absolute Gasteiger partial charge is 0.480 e. The number of hydrogen-bond donors (Lipinski definition) is 2. The van der Waals surface area contributed by atoms with Crippen molar-refractivity contribution in [2.75, 3.05) is 12.3 Å². The van der Waals surface area contributed by atoms with E-state index in [0.717, 1.165) is 32.2 Å².